The molecular weight excluding hydrogens is 235 g/mol. The summed E-state index contributed by atoms with van der Waals surface area (Å²) in [6, 6.07) is 6.17. The van der Waals surface area contributed by atoms with Gasteiger partial charge in [-0.05, 0) is 6.07 Å². The number of benzene rings is 1. The molecule has 2 rings (SSSR count). The Morgan fingerprint density at radius 2 is 2.22 bits per heavy atom. The Kier molecular flexibility index (Phi) is 3.93. The van der Waals surface area contributed by atoms with Gasteiger partial charge < -0.3 is 15.4 Å². The van der Waals surface area contributed by atoms with Crippen molar-refractivity contribution >= 4 is 5.91 Å². The molecule has 1 aromatic rings. The molecular formula is C13H17FN2O2. The van der Waals surface area contributed by atoms with Crippen LogP contribution in [0.5, 0.6) is 0 Å². The van der Waals surface area contributed by atoms with Crippen molar-refractivity contribution in [2.45, 2.75) is 12.6 Å². The number of amides is 1. The highest BCUT2D eigenvalue weighted by molar-refractivity contribution is 5.79. The van der Waals surface area contributed by atoms with Crippen molar-refractivity contribution in [1.29, 1.82) is 0 Å². The van der Waals surface area contributed by atoms with Crippen LogP contribution in [-0.2, 0) is 16.1 Å². The van der Waals surface area contributed by atoms with E-state index in [2.05, 4.69) is 0 Å². The summed E-state index contributed by atoms with van der Waals surface area (Å²) in [5.74, 6) is -0.714. The first-order valence-electron chi connectivity index (χ1n) is 5.91. The molecule has 1 aliphatic rings. The highest BCUT2D eigenvalue weighted by Crippen LogP contribution is 2.16. The van der Waals surface area contributed by atoms with Gasteiger partial charge in [-0.2, -0.15) is 0 Å². The van der Waals surface area contributed by atoms with E-state index < -0.39 is 0 Å². The lowest BCUT2D eigenvalue weighted by Gasteiger charge is -2.22. The number of nitrogens with zero attached hydrogens (tertiary/aromatic N) is 1. The number of halogens is 1. The molecule has 1 aromatic carbocycles. The van der Waals surface area contributed by atoms with Crippen molar-refractivity contribution in [2.75, 3.05) is 20.3 Å². The number of ether oxygens (including phenoxy) is 1. The zero-order valence-electron chi connectivity index (χ0n) is 10.3. The first-order valence-corrected chi connectivity index (χ1v) is 5.91. The summed E-state index contributed by atoms with van der Waals surface area (Å²) >= 11 is 0. The summed E-state index contributed by atoms with van der Waals surface area (Å²) in [6.07, 6.45) is 0. The molecule has 0 radical (unpaired) electrons. The Balaban J connectivity index is 2.01. The lowest BCUT2D eigenvalue weighted by Crippen LogP contribution is -2.41. The normalized spacial score (nSPS) is 23.1. The number of hydrogen-bond donors (Lipinski definition) is 1. The van der Waals surface area contributed by atoms with Crippen LogP contribution in [0.4, 0.5) is 4.39 Å². The SMILES string of the molecule is CN(Cc1ccccc1F)C(=O)C1COCC1N. The minimum atomic E-state index is -0.318. The van der Waals surface area contributed by atoms with Gasteiger partial charge in [0.15, 0.2) is 0 Å². The van der Waals surface area contributed by atoms with Crippen molar-refractivity contribution in [3.63, 3.8) is 0 Å². The van der Waals surface area contributed by atoms with E-state index in [0.717, 1.165) is 0 Å². The third kappa shape index (κ3) is 2.68. The van der Waals surface area contributed by atoms with Crippen LogP contribution in [0.2, 0.25) is 0 Å². The molecule has 98 valence electrons. The summed E-state index contributed by atoms with van der Waals surface area (Å²) in [5, 5.41) is 0. The number of hydrogen-bond acceptors (Lipinski definition) is 3. The molecule has 2 unspecified atom stereocenters. The Labute approximate surface area is 106 Å². The number of carbonyl (C=O) groups is 1. The van der Waals surface area contributed by atoms with Gasteiger partial charge in [-0.1, -0.05) is 18.2 Å². The fourth-order valence-electron chi connectivity index (χ4n) is 2.07. The molecule has 4 nitrogen and oxygen atoms in total. The summed E-state index contributed by atoms with van der Waals surface area (Å²) in [5.41, 5.74) is 6.30. The molecule has 1 heterocycles. The third-order valence-corrected chi connectivity index (χ3v) is 3.18. The molecule has 2 N–H and O–H groups in total. The quantitative estimate of drug-likeness (QED) is 0.864. The molecule has 1 amide bonds. The van der Waals surface area contributed by atoms with Gasteiger partial charge in [0, 0.05) is 25.2 Å². The monoisotopic (exact) mass is 252 g/mol. The maximum Gasteiger partial charge on any atom is 0.229 e. The molecule has 0 saturated carbocycles. The predicted octanol–water partition coefficient (Wildman–Crippen LogP) is 0.758. The molecule has 1 aliphatic heterocycles. The third-order valence-electron chi connectivity index (χ3n) is 3.18. The first kappa shape index (κ1) is 13.0. The van der Waals surface area contributed by atoms with Gasteiger partial charge in [0.1, 0.15) is 5.82 Å². The van der Waals surface area contributed by atoms with Crippen LogP contribution in [0.1, 0.15) is 5.56 Å². The van der Waals surface area contributed by atoms with Crippen molar-refractivity contribution in [1.82, 2.24) is 4.90 Å². The topological polar surface area (TPSA) is 55.6 Å². The fraction of sp³-hybridized carbons (Fsp3) is 0.462. The fourth-order valence-corrected chi connectivity index (χ4v) is 2.07. The number of carbonyl (C=O) groups excluding carboxylic acids is 1. The van der Waals surface area contributed by atoms with Gasteiger partial charge >= 0.3 is 0 Å². The van der Waals surface area contributed by atoms with Gasteiger partial charge in [0.05, 0.1) is 19.1 Å². The van der Waals surface area contributed by atoms with Crippen LogP contribution in [0.15, 0.2) is 24.3 Å². The van der Waals surface area contributed by atoms with Crippen molar-refractivity contribution in [3.8, 4) is 0 Å². The molecule has 0 bridgehead atoms. The van der Waals surface area contributed by atoms with Gasteiger partial charge in [-0.15, -0.1) is 0 Å². The standard InChI is InChI=1S/C13H17FN2O2/c1-16(6-9-4-2-3-5-11(9)14)13(17)10-7-18-8-12(10)15/h2-5,10,12H,6-8,15H2,1H3. The van der Waals surface area contributed by atoms with E-state index in [4.69, 9.17) is 10.5 Å². The van der Waals surface area contributed by atoms with Crippen LogP contribution in [0.25, 0.3) is 0 Å². The van der Waals surface area contributed by atoms with Crippen molar-refractivity contribution in [3.05, 3.63) is 35.6 Å². The van der Waals surface area contributed by atoms with Gasteiger partial charge in [-0.3, -0.25) is 4.79 Å². The van der Waals surface area contributed by atoms with E-state index in [1.807, 2.05) is 0 Å². The van der Waals surface area contributed by atoms with Crippen molar-refractivity contribution in [2.24, 2.45) is 11.7 Å². The average Bonchev–Trinajstić information content (AvgIpc) is 2.77. The second-order valence-corrected chi connectivity index (χ2v) is 4.59. The molecule has 2 atom stereocenters. The highest BCUT2D eigenvalue weighted by atomic mass is 19.1. The Morgan fingerprint density at radius 1 is 1.50 bits per heavy atom. The molecule has 1 fully saturated rings. The minimum absolute atomic E-state index is 0.0942. The van der Waals surface area contributed by atoms with Crippen LogP contribution in [-0.4, -0.2) is 37.1 Å². The van der Waals surface area contributed by atoms with Gasteiger partial charge in [0.25, 0.3) is 0 Å². The van der Waals surface area contributed by atoms with E-state index in [1.165, 1.54) is 11.0 Å². The van der Waals surface area contributed by atoms with E-state index in [1.54, 1.807) is 25.2 Å². The van der Waals surface area contributed by atoms with Crippen LogP contribution >= 0.6 is 0 Å². The van der Waals surface area contributed by atoms with E-state index in [0.29, 0.717) is 18.8 Å². The van der Waals surface area contributed by atoms with E-state index >= 15 is 0 Å². The molecule has 1 saturated heterocycles. The predicted molar refractivity (Wildman–Crippen MR) is 65.2 cm³/mol. The molecule has 0 spiro atoms. The number of nitrogens with two attached hydrogens (primary N) is 1. The first-order chi connectivity index (χ1) is 8.59. The second kappa shape index (κ2) is 5.46. The maximum atomic E-state index is 13.5. The van der Waals surface area contributed by atoms with Gasteiger partial charge in [-0.25, -0.2) is 4.39 Å². The minimum Gasteiger partial charge on any atom is -0.379 e. The molecule has 5 heteroatoms. The second-order valence-electron chi connectivity index (χ2n) is 4.59. The Hall–Kier alpha value is -1.46. The number of rotatable bonds is 3. The summed E-state index contributed by atoms with van der Waals surface area (Å²) in [6.45, 7) is 1.00. The Morgan fingerprint density at radius 3 is 2.83 bits per heavy atom. The maximum absolute atomic E-state index is 13.5. The van der Waals surface area contributed by atoms with Crippen LogP contribution < -0.4 is 5.73 Å². The zero-order chi connectivity index (χ0) is 13.1. The highest BCUT2D eigenvalue weighted by Gasteiger charge is 2.33. The van der Waals surface area contributed by atoms with Crippen LogP contribution in [0.3, 0.4) is 0 Å². The molecule has 0 aromatic heterocycles. The summed E-state index contributed by atoms with van der Waals surface area (Å²) < 4.78 is 18.6. The molecule has 18 heavy (non-hydrogen) atoms. The lowest BCUT2D eigenvalue weighted by atomic mass is 10.0. The summed E-state index contributed by atoms with van der Waals surface area (Å²) in [7, 11) is 1.65. The smallest absolute Gasteiger partial charge is 0.229 e. The average molecular weight is 252 g/mol. The lowest BCUT2D eigenvalue weighted by molar-refractivity contribution is -0.135. The Bertz CT molecular complexity index is 439. The van der Waals surface area contributed by atoms with Crippen LogP contribution in [0, 0.1) is 11.7 Å². The van der Waals surface area contributed by atoms with E-state index in [9.17, 15) is 9.18 Å². The largest absolute Gasteiger partial charge is 0.379 e. The molecule has 0 aliphatic carbocycles. The van der Waals surface area contributed by atoms with Gasteiger partial charge in [0.2, 0.25) is 5.91 Å². The van der Waals surface area contributed by atoms with Crippen molar-refractivity contribution < 1.29 is 13.9 Å². The summed E-state index contributed by atoms with van der Waals surface area (Å²) in [4.78, 5) is 13.6. The zero-order valence-corrected chi connectivity index (χ0v) is 10.3. The van der Waals surface area contributed by atoms with E-state index in [-0.39, 0.29) is 30.2 Å².